The molecule has 1 aromatic rings. The van der Waals surface area contributed by atoms with Gasteiger partial charge in [0, 0.05) is 6.08 Å². The highest BCUT2D eigenvalue weighted by Gasteiger charge is 2.12. The molecule has 0 atom stereocenters. The highest BCUT2D eigenvalue weighted by molar-refractivity contribution is 5.90. The Kier molecular flexibility index (Phi) is 3.49. The molecule has 0 bridgehead atoms. The van der Waals surface area contributed by atoms with Crippen molar-refractivity contribution < 1.29 is 18.0 Å². The zero-order valence-electron chi connectivity index (χ0n) is 7.58. The lowest BCUT2D eigenvalue weighted by atomic mass is 10.1. The van der Waals surface area contributed by atoms with Crippen LogP contribution in [0.4, 0.5) is 13.2 Å². The average Bonchev–Trinajstić information content (AvgIpc) is 2.14. The Morgan fingerprint density at radius 2 is 2.07 bits per heavy atom. The number of halogens is 3. The maximum atomic E-state index is 13.0. The number of primary amides is 1. The van der Waals surface area contributed by atoms with E-state index in [-0.39, 0.29) is 0 Å². The SMILES string of the molecule is NC(=O)C=Cc1ccc(C(F)F)c(F)c1. The molecular formula is C10H8F3NO. The lowest BCUT2D eigenvalue weighted by Crippen LogP contribution is -2.05. The van der Waals surface area contributed by atoms with E-state index in [0.717, 1.165) is 18.2 Å². The molecule has 1 rings (SSSR count). The molecule has 0 aliphatic carbocycles. The van der Waals surface area contributed by atoms with Gasteiger partial charge >= 0.3 is 0 Å². The minimum Gasteiger partial charge on any atom is -0.366 e. The van der Waals surface area contributed by atoms with E-state index in [2.05, 4.69) is 0 Å². The summed E-state index contributed by atoms with van der Waals surface area (Å²) in [5.41, 5.74) is 4.46. The van der Waals surface area contributed by atoms with E-state index in [4.69, 9.17) is 5.73 Å². The second-order valence-electron chi connectivity index (χ2n) is 2.82. The van der Waals surface area contributed by atoms with Gasteiger partial charge in [-0.05, 0) is 23.8 Å². The molecule has 0 heterocycles. The first-order chi connectivity index (χ1) is 7.00. The first-order valence-electron chi connectivity index (χ1n) is 4.06. The maximum Gasteiger partial charge on any atom is 0.266 e. The zero-order valence-corrected chi connectivity index (χ0v) is 7.58. The molecule has 15 heavy (non-hydrogen) atoms. The first-order valence-corrected chi connectivity index (χ1v) is 4.06. The number of benzene rings is 1. The van der Waals surface area contributed by atoms with Crippen LogP contribution in [0.25, 0.3) is 6.08 Å². The van der Waals surface area contributed by atoms with E-state index < -0.39 is 23.7 Å². The third-order valence-corrected chi connectivity index (χ3v) is 1.70. The van der Waals surface area contributed by atoms with Crippen molar-refractivity contribution in [1.82, 2.24) is 0 Å². The molecule has 0 aliphatic heterocycles. The van der Waals surface area contributed by atoms with Crippen molar-refractivity contribution in [1.29, 1.82) is 0 Å². The number of alkyl halides is 2. The molecule has 5 heteroatoms. The molecule has 0 fully saturated rings. The lowest BCUT2D eigenvalue weighted by molar-refractivity contribution is -0.113. The van der Waals surface area contributed by atoms with Crippen molar-refractivity contribution in [2.45, 2.75) is 6.43 Å². The minimum absolute atomic E-state index is 0.302. The quantitative estimate of drug-likeness (QED) is 0.772. The first kappa shape index (κ1) is 11.3. The summed E-state index contributed by atoms with van der Waals surface area (Å²) < 4.78 is 37.3. The van der Waals surface area contributed by atoms with Crippen LogP contribution in [0.1, 0.15) is 17.6 Å². The van der Waals surface area contributed by atoms with Crippen LogP contribution in [-0.2, 0) is 4.79 Å². The van der Waals surface area contributed by atoms with Gasteiger partial charge < -0.3 is 5.73 Å². The Hall–Kier alpha value is -1.78. The Morgan fingerprint density at radius 3 is 2.53 bits per heavy atom. The Balaban J connectivity index is 2.96. The normalized spacial score (nSPS) is 11.2. The van der Waals surface area contributed by atoms with Gasteiger partial charge in [-0.2, -0.15) is 0 Å². The van der Waals surface area contributed by atoms with Crippen molar-refractivity contribution in [3.05, 3.63) is 41.2 Å². The summed E-state index contributed by atoms with van der Waals surface area (Å²) in [6.45, 7) is 0. The number of amides is 1. The van der Waals surface area contributed by atoms with Gasteiger partial charge in [0.1, 0.15) is 5.82 Å². The fourth-order valence-electron chi connectivity index (χ4n) is 1.00. The molecule has 0 saturated heterocycles. The third kappa shape index (κ3) is 3.12. The summed E-state index contributed by atoms with van der Waals surface area (Å²) in [5, 5.41) is 0. The topological polar surface area (TPSA) is 43.1 Å². The number of nitrogens with two attached hydrogens (primary N) is 1. The maximum absolute atomic E-state index is 13.0. The summed E-state index contributed by atoms with van der Waals surface area (Å²) >= 11 is 0. The van der Waals surface area contributed by atoms with Gasteiger partial charge in [-0.15, -0.1) is 0 Å². The molecule has 2 N–H and O–H groups in total. The molecule has 0 spiro atoms. The van der Waals surface area contributed by atoms with Crippen molar-refractivity contribution in [2.24, 2.45) is 5.73 Å². The molecule has 1 amide bonds. The second-order valence-corrected chi connectivity index (χ2v) is 2.82. The number of rotatable bonds is 3. The van der Waals surface area contributed by atoms with Crippen LogP contribution >= 0.6 is 0 Å². The average molecular weight is 215 g/mol. The molecule has 0 saturated carbocycles. The molecule has 0 unspecified atom stereocenters. The summed E-state index contributed by atoms with van der Waals surface area (Å²) in [6, 6.07) is 3.17. The second kappa shape index (κ2) is 4.63. The molecule has 1 aromatic carbocycles. The Bertz CT molecular complexity index is 402. The van der Waals surface area contributed by atoms with E-state index in [1.54, 1.807) is 0 Å². The fraction of sp³-hybridized carbons (Fsp3) is 0.100. The van der Waals surface area contributed by atoms with Crippen LogP contribution in [0, 0.1) is 5.82 Å². The van der Waals surface area contributed by atoms with Gasteiger partial charge in [0.15, 0.2) is 0 Å². The molecule has 2 nitrogen and oxygen atoms in total. The van der Waals surface area contributed by atoms with Crippen molar-refractivity contribution in [3.63, 3.8) is 0 Å². The molecule has 80 valence electrons. The minimum atomic E-state index is -2.85. The van der Waals surface area contributed by atoms with E-state index in [1.165, 1.54) is 12.1 Å². The highest BCUT2D eigenvalue weighted by atomic mass is 19.3. The van der Waals surface area contributed by atoms with Crippen LogP contribution in [0.3, 0.4) is 0 Å². The number of hydrogen-bond acceptors (Lipinski definition) is 1. The van der Waals surface area contributed by atoms with Crippen molar-refractivity contribution >= 4 is 12.0 Å². The predicted molar refractivity (Wildman–Crippen MR) is 49.6 cm³/mol. The van der Waals surface area contributed by atoms with E-state index in [0.29, 0.717) is 5.56 Å². The lowest BCUT2D eigenvalue weighted by Gasteiger charge is -2.01. The van der Waals surface area contributed by atoms with E-state index in [9.17, 15) is 18.0 Å². The molecule has 0 aromatic heterocycles. The van der Waals surface area contributed by atoms with Crippen LogP contribution in [0.2, 0.25) is 0 Å². The van der Waals surface area contributed by atoms with Gasteiger partial charge in [-0.3, -0.25) is 4.79 Å². The van der Waals surface area contributed by atoms with E-state index >= 15 is 0 Å². The van der Waals surface area contributed by atoms with Crippen molar-refractivity contribution in [3.8, 4) is 0 Å². The van der Waals surface area contributed by atoms with Crippen LogP contribution < -0.4 is 5.73 Å². The summed E-state index contributed by atoms with van der Waals surface area (Å²) in [4.78, 5) is 10.4. The summed E-state index contributed by atoms with van der Waals surface area (Å²) in [5.74, 6) is -1.69. The van der Waals surface area contributed by atoms with Crippen LogP contribution in [-0.4, -0.2) is 5.91 Å². The van der Waals surface area contributed by atoms with Crippen LogP contribution in [0.5, 0.6) is 0 Å². The van der Waals surface area contributed by atoms with Gasteiger partial charge in [-0.1, -0.05) is 6.07 Å². The number of hydrogen-bond donors (Lipinski definition) is 1. The van der Waals surface area contributed by atoms with Gasteiger partial charge in [-0.25, -0.2) is 13.2 Å². The standard InChI is InChI=1S/C10H8F3NO/c11-8-5-6(2-4-9(14)15)1-3-7(8)10(12)13/h1-5,10H,(H2,14,15). The van der Waals surface area contributed by atoms with Gasteiger partial charge in [0.05, 0.1) is 5.56 Å². The van der Waals surface area contributed by atoms with Gasteiger partial charge in [0.2, 0.25) is 5.91 Å². The third-order valence-electron chi connectivity index (χ3n) is 1.70. The predicted octanol–water partition coefficient (Wildman–Crippen LogP) is 2.26. The Morgan fingerprint density at radius 1 is 1.40 bits per heavy atom. The van der Waals surface area contributed by atoms with Crippen LogP contribution in [0.15, 0.2) is 24.3 Å². The smallest absolute Gasteiger partial charge is 0.266 e. The van der Waals surface area contributed by atoms with Crippen molar-refractivity contribution in [2.75, 3.05) is 0 Å². The monoisotopic (exact) mass is 215 g/mol. The summed E-state index contributed by atoms with van der Waals surface area (Å²) in [6.07, 6.45) is -0.573. The van der Waals surface area contributed by atoms with Gasteiger partial charge in [0.25, 0.3) is 6.43 Å². The number of carbonyl (C=O) groups is 1. The highest BCUT2D eigenvalue weighted by Crippen LogP contribution is 2.22. The Labute approximate surface area is 84.2 Å². The molecule has 0 radical (unpaired) electrons. The molecule has 0 aliphatic rings. The van der Waals surface area contributed by atoms with E-state index in [1.807, 2.05) is 0 Å². The fourth-order valence-corrected chi connectivity index (χ4v) is 1.00. The molecular weight excluding hydrogens is 207 g/mol. The summed E-state index contributed by atoms with van der Waals surface area (Å²) in [7, 11) is 0. The largest absolute Gasteiger partial charge is 0.366 e. The zero-order chi connectivity index (χ0) is 11.4. The number of carbonyl (C=O) groups excluding carboxylic acids is 1.